The lowest BCUT2D eigenvalue weighted by atomic mass is 9.79. The summed E-state index contributed by atoms with van der Waals surface area (Å²) >= 11 is 3.35. The second kappa shape index (κ2) is 8.29. The van der Waals surface area contributed by atoms with Gasteiger partial charge in [0, 0.05) is 51.7 Å². The van der Waals surface area contributed by atoms with Crippen molar-refractivity contribution >= 4 is 35.4 Å². The van der Waals surface area contributed by atoms with Crippen LogP contribution in [0.1, 0.15) is 20.3 Å². The van der Waals surface area contributed by atoms with Crippen LogP contribution in [-0.4, -0.2) is 67.7 Å². The van der Waals surface area contributed by atoms with Crippen LogP contribution in [0.3, 0.4) is 0 Å². The number of nitrogens with one attached hydrogen (secondary N) is 1. The summed E-state index contributed by atoms with van der Waals surface area (Å²) in [4.78, 5) is 31.8. The Kier molecular flexibility index (Phi) is 5.92. The van der Waals surface area contributed by atoms with Gasteiger partial charge in [-0.15, -0.1) is 23.5 Å². The summed E-state index contributed by atoms with van der Waals surface area (Å²) in [6.45, 7) is 4.38. The number of aliphatic carboxylic acids is 1. The van der Waals surface area contributed by atoms with Crippen molar-refractivity contribution in [1.29, 1.82) is 0 Å². The summed E-state index contributed by atoms with van der Waals surface area (Å²) in [7, 11) is 0. The molecule has 0 aliphatic carbocycles. The van der Waals surface area contributed by atoms with Gasteiger partial charge in [0.25, 0.3) is 0 Å². The Bertz CT molecular complexity index is 832. The van der Waals surface area contributed by atoms with Gasteiger partial charge in [-0.05, 0) is 25.5 Å². The van der Waals surface area contributed by atoms with Gasteiger partial charge in [0.2, 0.25) is 5.91 Å². The highest BCUT2D eigenvalue weighted by molar-refractivity contribution is 8.03. The maximum Gasteiger partial charge on any atom is 0.353 e. The molecule has 1 amide bonds. The zero-order valence-corrected chi connectivity index (χ0v) is 17.9. The third-order valence-electron chi connectivity index (χ3n) is 5.87. The number of carbonyl (C=O) groups excluding carboxylic acids is 1. The largest absolute Gasteiger partial charge is 0.477 e. The summed E-state index contributed by atoms with van der Waals surface area (Å²) in [5.74, 6) is -0.996. The fraction of sp³-hybridized carbons (Fsp3) is 0.550. The minimum Gasteiger partial charge on any atom is -0.477 e. The number of fused-ring (bicyclic) bond motifs is 1. The highest BCUT2D eigenvalue weighted by atomic mass is 32.2. The molecule has 6 atom stereocenters. The molecule has 9 heteroatoms. The van der Waals surface area contributed by atoms with E-state index in [2.05, 4.69) is 10.3 Å². The summed E-state index contributed by atoms with van der Waals surface area (Å²) in [6, 6.07) is 4.08. The molecule has 3 aliphatic heterocycles. The van der Waals surface area contributed by atoms with E-state index >= 15 is 0 Å². The second-order valence-corrected chi connectivity index (χ2v) is 10.3. The van der Waals surface area contributed by atoms with Crippen molar-refractivity contribution in [1.82, 2.24) is 15.2 Å². The molecule has 0 saturated carbocycles. The molecule has 4 rings (SSSR count). The molecule has 4 heterocycles. The van der Waals surface area contributed by atoms with Crippen molar-refractivity contribution in [2.45, 2.75) is 48.6 Å². The van der Waals surface area contributed by atoms with E-state index in [1.807, 2.05) is 25.3 Å². The van der Waals surface area contributed by atoms with E-state index < -0.39 is 18.0 Å². The molecular weight excluding hydrogens is 410 g/mol. The van der Waals surface area contributed by atoms with Gasteiger partial charge < -0.3 is 20.4 Å². The second-order valence-electron chi connectivity index (χ2n) is 7.85. The Morgan fingerprint density at radius 1 is 1.48 bits per heavy atom. The molecule has 0 bridgehead atoms. The average Bonchev–Trinajstić information content (AvgIpc) is 3.22. The van der Waals surface area contributed by atoms with Crippen LogP contribution in [0.4, 0.5) is 0 Å². The first-order chi connectivity index (χ1) is 13.9. The highest BCUT2D eigenvalue weighted by Crippen LogP contribution is 2.51. The Morgan fingerprint density at radius 3 is 2.93 bits per heavy atom. The molecule has 3 N–H and O–H groups in total. The monoisotopic (exact) mass is 435 g/mol. The highest BCUT2D eigenvalue weighted by Gasteiger charge is 2.60. The van der Waals surface area contributed by atoms with Crippen molar-refractivity contribution in [2.75, 3.05) is 12.3 Å². The van der Waals surface area contributed by atoms with Crippen molar-refractivity contribution in [3.63, 3.8) is 0 Å². The number of hydrogen-bond acceptors (Lipinski definition) is 7. The molecule has 7 nitrogen and oxygen atoms in total. The van der Waals surface area contributed by atoms with Crippen LogP contribution in [-0.2, 0) is 9.59 Å². The molecule has 3 aliphatic rings. The number of carboxylic acids is 1. The lowest BCUT2D eigenvalue weighted by molar-refractivity contribution is -0.163. The zero-order valence-electron chi connectivity index (χ0n) is 16.3. The maximum absolute atomic E-state index is 12.4. The SMILES string of the molecule is C[C@@H](O)[C@H]1C(=O)N2C(C(=O)O)=C(S[C@@H]3CN[C@H](CSc4cccnc4)C3)[C@H](C)[C@H]12. The van der Waals surface area contributed by atoms with Crippen LogP contribution in [0, 0.1) is 11.8 Å². The maximum atomic E-state index is 12.4. The Hall–Kier alpha value is -1.55. The molecular formula is C20H25N3O4S2. The Morgan fingerprint density at radius 2 is 2.28 bits per heavy atom. The first kappa shape index (κ1) is 20.7. The minimum absolute atomic E-state index is 0.0766. The molecule has 0 spiro atoms. The topological polar surface area (TPSA) is 103 Å². The molecule has 2 saturated heterocycles. The number of rotatable bonds is 7. The minimum atomic E-state index is -1.06. The first-order valence-corrected chi connectivity index (χ1v) is 11.7. The molecule has 1 aromatic rings. The number of carbonyl (C=O) groups is 2. The van der Waals surface area contributed by atoms with Gasteiger partial charge in [-0.1, -0.05) is 6.92 Å². The van der Waals surface area contributed by atoms with Gasteiger partial charge in [0.15, 0.2) is 0 Å². The van der Waals surface area contributed by atoms with Crippen molar-refractivity contribution in [3.05, 3.63) is 35.1 Å². The summed E-state index contributed by atoms with van der Waals surface area (Å²) in [5, 5.41) is 23.5. The number of hydrogen-bond donors (Lipinski definition) is 3. The Labute approximate surface area is 178 Å². The lowest BCUT2D eigenvalue weighted by Gasteiger charge is -2.46. The number of pyridine rings is 1. The summed E-state index contributed by atoms with van der Waals surface area (Å²) in [5.41, 5.74) is 0.114. The normalized spacial score (nSPS) is 32.3. The first-order valence-electron chi connectivity index (χ1n) is 9.80. The van der Waals surface area contributed by atoms with Gasteiger partial charge in [0.1, 0.15) is 5.70 Å². The lowest BCUT2D eigenvalue weighted by Crippen LogP contribution is -2.63. The number of amides is 1. The standard InChI is InChI=1S/C20H25N3O4S2/c1-10-16-15(11(2)24)19(25)23(16)17(20(26)27)18(10)29-14-6-12(22-8-14)9-28-13-4-3-5-21-7-13/h3-5,7,10-12,14-16,22,24H,6,8-9H2,1-2H3,(H,26,27)/t10-,11-,12+,14+,15-,16-/m1/s1. The fourth-order valence-electron chi connectivity index (χ4n) is 4.49. The van der Waals surface area contributed by atoms with Crippen LogP contribution in [0.15, 0.2) is 40.0 Å². The number of nitrogens with zero attached hydrogens (tertiary/aromatic N) is 2. The van der Waals surface area contributed by atoms with Crippen LogP contribution >= 0.6 is 23.5 Å². The predicted molar refractivity (Wildman–Crippen MR) is 112 cm³/mol. The van der Waals surface area contributed by atoms with Crippen LogP contribution in [0.25, 0.3) is 0 Å². The van der Waals surface area contributed by atoms with Crippen LogP contribution < -0.4 is 5.32 Å². The fourth-order valence-corrected chi connectivity index (χ4v) is 6.96. The smallest absolute Gasteiger partial charge is 0.353 e. The molecule has 0 radical (unpaired) electrons. The van der Waals surface area contributed by atoms with E-state index in [1.54, 1.807) is 36.6 Å². The molecule has 0 aromatic carbocycles. The van der Waals surface area contributed by atoms with Gasteiger partial charge in [-0.3, -0.25) is 9.78 Å². The third kappa shape index (κ3) is 3.81. The van der Waals surface area contributed by atoms with Crippen LogP contribution in [0.2, 0.25) is 0 Å². The van der Waals surface area contributed by atoms with E-state index in [9.17, 15) is 19.8 Å². The van der Waals surface area contributed by atoms with Gasteiger partial charge in [0.05, 0.1) is 18.1 Å². The van der Waals surface area contributed by atoms with Crippen molar-refractivity contribution < 1.29 is 19.8 Å². The van der Waals surface area contributed by atoms with Gasteiger partial charge >= 0.3 is 5.97 Å². The summed E-state index contributed by atoms with van der Waals surface area (Å²) in [6.07, 6.45) is 3.79. The quantitative estimate of drug-likeness (QED) is 0.440. The number of aliphatic hydroxyl groups is 1. The average molecular weight is 436 g/mol. The number of carboxylic acid groups (broad SMARTS) is 1. The van der Waals surface area contributed by atoms with Gasteiger partial charge in [-0.25, -0.2) is 4.79 Å². The molecule has 1 aromatic heterocycles. The van der Waals surface area contributed by atoms with Crippen molar-refractivity contribution in [2.24, 2.45) is 11.8 Å². The van der Waals surface area contributed by atoms with E-state index in [4.69, 9.17) is 0 Å². The molecule has 2 fully saturated rings. The third-order valence-corrected chi connectivity index (χ3v) is 8.53. The number of β-lactam (4-membered cyclic amide) rings is 1. The molecule has 29 heavy (non-hydrogen) atoms. The zero-order chi connectivity index (χ0) is 20.7. The van der Waals surface area contributed by atoms with Crippen molar-refractivity contribution in [3.8, 4) is 0 Å². The van der Waals surface area contributed by atoms with E-state index in [-0.39, 0.29) is 28.8 Å². The number of aromatic nitrogens is 1. The summed E-state index contributed by atoms with van der Waals surface area (Å²) < 4.78 is 0. The van der Waals surface area contributed by atoms with E-state index in [0.717, 1.165) is 28.5 Å². The molecule has 156 valence electrons. The van der Waals surface area contributed by atoms with Gasteiger partial charge in [-0.2, -0.15) is 0 Å². The van der Waals surface area contributed by atoms with E-state index in [0.29, 0.717) is 6.04 Å². The van der Waals surface area contributed by atoms with E-state index in [1.165, 1.54) is 4.90 Å². The number of aliphatic hydroxyl groups excluding tert-OH is 1. The number of thioether (sulfide) groups is 2. The molecule has 0 unspecified atom stereocenters. The predicted octanol–water partition coefficient (Wildman–Crippen LogP) is 1.79. The van der Waals surface area contributed by atoms with Crippen LogP contribution in [0.5, 0.6) is 0 Å². The Balaban J connectivity index is 1.41.